The van der Waals surface area contributed by atoms with Crippen LogP contribution >= 0.6 is 22.9 Å². The van der Waals surface area contributed by atoms with E-state index in [-0.39, 0.29) is 11.7 Å². The molecule has 1 aliphatic heterocycles. The van der Waals surface area contributed by atoms with Crippen LogP contribution in [0.2, 0.25) is 5.02 Å². The lowest BCUT2D eigenvalue weighted by Crippen LogP contribution is -2.39. The number of carbonyl (C=O) groups is 2. The number of ketones is 1. The molecule has 0 aliphatic carbocycles. The Morgan fingerprint density at radius 3 is 2.69 bits per heavy atom. The summed E-state index contributed by atoms with van der Waals surface area (Å²) in [6.07, 6.45) is 5.84. The molecular weight excluding hydrogens is 494 g/mol. The Hall–Kier alpha value is -2.61. The van der Waals surface area contributed by atoms with Crippen molar-refractivity contribution < 1.29 is 14.3 Å². The van der Waals surface area contributed by atoms with Crippen LogP contribution in [0.25, 0.3) is 10.1 Å². The number of likely N-dealkylation sites (tertiary alicyclic amines) is 1. The Morgan fingerprint density at radius 2 is 1.92 bits per heavy atom. The van der Waals surface area contributed by atoms with Crippen molar-refractivity contribution >= 4 is 50.4 Å². The van der Waals surface area contributed by atoms with Crippen molar-refractivity contribution in [1.29, 1.82) is 0 Å². The van der Waals surface area contributed by atoms with Gasteiger partial charge in [0.25, 0.3) is 5.91 Å². The number of thiophene rings is 1. The summed E-state index contributed by atoms with van der Waals surface area (Å²) in [6, 6.07) is 11.3. The van der Waals surface area contributed by atoms with E-state index in [2.05, 4.69) is 16.3 Å². The van der Waals surface area contributed by atoms with Gasteiger partial charge in [-0.15, -0.1) is 11.3 Å². The Bertz CT molecular complexity index is 1200. The predicted molar refractivity (Wildman–Crippen MR) is 149 cm³/mol. The fraction of sp³-hybridized carbons (Fsp3) is 0.429. The molecule has 0 bridgehead atoms. The number of unbranched alkanes of at least 4 members (excludes halogenated alkanes) is 2. The molecule has 1 fully saturated rings. The number of Topliss-reactive ketones (excluding diaryl/α,β-unsaturated/α-hetero) is 1. The first-order valence-electron chi connectivity index (χ1n) is 12.6. The van der Waals surface area contributed by atoms with Gasteiger partial charge in [-0.1, -0.05) is 36.2 Å². The number of nitrogen functional groups attached to an aromatic ring is 1. The topological polar surface area (TPSA) is 84.7 Å². The van der Waals surface area contributed by atoms with Gasteiger partial charge in [0.15, 0.2) is 5.78 Å². The van der Waals surface area contributed by atoms with E-state index in [1.165, 1.54) is 11.8 Å². The van der Waals surface area contributed by atoms with Crippen molar-refractivity contribution in [2.24, 2.45) is 5.92 Å². The van der Waals surface area contributed by atoms with Crippen molar-refractivity contribution in [3.05, 3.63) is 57.9 Å². The number of halogens is 1. The second-order valence-electron chi connectivity index (χ2n) is 9.45. The number of anilines is 1. The van der Waals surface area contributed by atoms with Gasteiger partial charge in [0.05, 0.1) is 23.4 Å². The zero-order chi connectivity index (χ0) is 25.5. The molecule has 1 amide bonds. The number of methoxy groups -OCH3 is 1. The summed E-state index contributed by atoms with van der Waals surface area (Å²) in [5.41, 5.74) is 7.48. The van der Waals surface area contributed by atoms with Gasteiger partial charge < -0.3 is 20.7 Å². The van der Waals surface area contributed by atoms with Crippen molar-refractivity contribution in [2.75, 3.05) is 39.0 Å². The van der Waals surface area contributed by atoms with Crippen LogP contribution in [-0.4, -0.2) is 49.9 Å². The van der Waals surface area contributed by atoms with Gasteiger partial charge in [-0.25, -0.2) is 0 Å². The fourth-order valence-electron chi connectivity index (χ4n) is 4.79. The van der Waals surface area contributed by atoms with Gasteiger partial charge in [0.2, 0.25) is 0 Å². The van der Waals surface area contributed by atoms with Crippen molar-refractivity contribution in [1.82, 2.24) is 10.2 Å². The third-order valence-corrected chi connectivity index (χ3v) is 8.27. The number of hydrogen-bond donors (Lipinski definition) is 2. The van der Waals surface area contributed by atoms with E-state index in [9.17, 15) is 9.59 Å². The van der Waals surface area contributed by atoms with Crippen LogP contribution in [-0.2, 0) is 0 Å². The molecule has 3 aromatic rings. The molecule has 0 radical (unpaired) electrons. The summed E-state index contributed by atoms with van der Waals surface area (Å²) in [7, 11) is 1.51. The van der Waals surface area contributed by atoms with Gasteiger partial charge in [-0.05, 0) is 63.4 Å². The fourth-order valence-corrected chi connectivity index (χ4v) is 5.92. The quantitative estimate of drug-likeness (QED) is 0.181. The number of carbonyl (C=O) groups excluding carboxylic acids is 2. The number of fused-ring (bicyclic) bond motifs is 1. The maximum Gasteiger partial charge on any atom is 0.255 e. The standard InChI is InChI=1S/C28H34ClN3O3S/c1-35-26-16-24(30)23(29)15-21(26)28(34)31-17-19-10-13-32(14-11-19)12-6-2-3-8-25(33)22-18-36-27-9-5-4-7-20(22)27/h4-5,7,9,15-16,18-19H,2-3,6,8,10-14,17,30H2,1H3,(H,31,34). The van der Waals surface area contributed by atoms with Crippen molar-refractivity contribution in [3.8, 4) is 5.75 Å². The van der Waals surface area contributed by atoms with Gasteiger partial charge in [0.1, 0.15) is 5.75 Å². The molecule has 4 rings (SSSR count). The van der Waals surface area contributed by atoms with Crippen LogP contribution in [0, 0.1) is 5.92 Å². The SMILES string of the molecule is COc1cc(N)c(Cl)cc1C(=O)NCC1CCN(CCCCCC(=O)c2csc3ccccc23)CC1. The first-order chi connectivity index (χ1) is 17.5. The molecule has 0 saturated carbocycles. The predicted octanol–water partition coefficient (Wildman–Crippen LogP) is 6.03. The Balaban J connectivity index is 1.12. The number of rotatable bonds is 11. The minimum atomic E-state index is -0.193. The second-order valence-corrected chi connectivity index (χ2v) is 10.8. The van der Waals surface area contributed by atoms with Gasteiger partial charge in [0, 0.05) is 40.1 Å². The molecule has 1 aliphatic rings. The average Bonchev–Trinajstić information content (AvgIpc) is 3.33. The zero-order valence-electron chi connectivity index (χ0n) is 20.7. The van der Waals surface area contributed by atoms with E-state index in [1.54, 1.807) is 23.5 Å². The largest absolute Gasteiger partial charge is 0.496 e. The second kappa shape index (κ2) is 12.6. The molecule has 1 aromatic heterocycles. The molecule has 6 nitrogen and oxygen atoms in total. The molecule has 1 saturated heterocycles. The van der Waals surface area contributed by atoms with E-state index in [0.717, 1.165) is 62.7 Å². The van der Waals surface area contributed by atoms with Crippen LogP contribution < -0.4 is 15.8 Å². The van der Waals surface area contributed by atoms with Gasteiger partial charge >= 0.3 is 0 Å². The lowest BCUT2D eigenvalue weighted by molar-refractivity contribution is 0.0932. The molecule has 2 aromatic carbocycles. The lowest BCUT2D eigenvalue weighted by atomic mass is 9.96. The Kier molecular flexibility index (Phi) is 9.24. The molecule has 36 heavy (non-hydrogen) atoms. The monoisotopic (exact) mass is 527 g/mol. The normalized spacial score (nSPS) is 14.7. The third-order valence-electron chi connectivity index (χ3n) is 6.98. The van der Waals surface area contributed by atoms with Crippen LogP contribution in [0.3, 0.4) is 0 Å². The third kappa shape index (κ3) is 6.58. The molecule has 2 heterocycles. The summed E-state index contributed by atoms with van der Waals surface area (Å²) < 4.78 is 6.47. The van der Waals surface area contributed by atoms with Crippen molar-refractivity contribution in [2.45, 2.75) is 38.5 Å². The maximum absolute atomic E-state index is 12.7. The first kappa shape index (κ1) is 26.5. The lowest BCUT2D eigenvalue weighted by Gasteiger charge is -2.32. The number of piperidine rings is 1. The molecular formula is C28H34ClN3O3S. The molecule has 0 atom stereocenters. The highest BCUT2D eigenvalue weighted by atomic mass is 35.5. The van der Waals surface area contributed by atoms with Crippen LogP contribution in [0.4, 0.5) is 5.69 Å². The molecule has 3 N–H and O–H groups in total. The summed E-state index contributed by atoms with van der Waals surface area (Å²) in [6.45, 7) is 3.78. The highest BCUT2D eigenvalue weighted by Gasteiger charge is 2.21. The van der Waals surface area contributed by atoms with Gasteiger partial charge in [-0.3, -0.25) is 9.59 Å². The highest BCUT2D eigenvalue weighted by molar-refractivity contribution is 7.17. The average molecular weight is 528 g/mol. The van der Waals surface area contributed by atoms with E-state index < -0.39 is 0 Å². The molecule has 8 heteroatoms. The minimum Gasteiger partial charge on any atom is -0.496 e. The summed E-state index contributed by atoms with van der Waals surface area (Å²) >= 11 is 7.74. The number of benzene rings is 2. The highest BCUT2D eigenvalue weighted by Crippen LogP contribution is 2.29. The van der Waals surface area contributed by atoms with Crippen LogP contribution in [0.5, 0.6) is 5.75 Å². The zero-order valence-corrected chi connectivity index (χ0v) is 22.3. The molecule has 0 unspecified atom stereocenters. The number of amides is 1. The summed E-state index contributed by atoms with van der Waals surface area (Å²) in [5, 5.41) is 6.46. The number of ether oxygens (including phenoxy) is 1. The minimum absolute atomic E-state index is 0.193. The number of nitrogens with zero attached hydrogens (tertiary/aromatic N) is 1. The van der Waals surface area contributed by atoms with Gasteiger partial charge in [-0.2, -0.15) is 0 Å². The number of nitrogens with two attached hydrogens (primary N) is 1. The van der Waals surface area contributed by atoms with E-state index in [1.807, 2.05) is 23.6 Å². The molecule has 0 spiro atoms. The smallest absolute Gasteiger partial charge is 0.255 e. The summed E-state index contributed by atoms with van der Waals surface area (Å²) in [4.78, 5) is 27.8. The van der Waals surface area contributed by atoms with E-state index >= 15 is 0 Å². The summed E-state index contributed by atoms with van der Waals surface area (Å²) in [5.74, 6) is 0.948. The number of nitrogens with one attached hydrogen (secondary N) is 1. The Labute approximate surface area is 221 Å². The number of hydrogen-bond acceptors (Lipinski definition) is 6. The maximum atomic E-state index is 12.7. The van der Waals surface area contributed by atoms with Crippen LogP contribution in [0.15, 0.2) is 41.8 Å². The van der Waals surface area contributed by atoms with E-state index in [0.29, 0.717) is 40.9 Å². The molecule has 192 valence electrons. The first-order valence-corrected chi connectivity index (χ1v) is 13.8. The van der Waals surface area contributed by atoms with Crippen LogP contribution in [0.1, 0.15) is 59.2 Å². The van der Waals surface area contributed by atoms with E-state index in [4.69, 9.17) is 22.1 Å². The van der Waals surface area contributed by atoms with Crippen molar-refractivity contribution in [3.63, 3.8) is 0 Å². The Morgan fingerprint density at radius 1 is 1.14 bits per heavy atom.